The van der Waals surface area contributed by atoms with Gasteiger partial charge in [0.15, 0.2) is 0 Å². The SMILES string of the molecule is O=C(O)c1cccc(CNc2cc(F)cc(Cl)c2)c1. The van der Waals surface area contributed by atoms with E-state index in [4.69, 9.17) is 16.7 Å². The number of anilines is 1. The first kappa shape index (κ1) is 13.4. The first-order valence-electron chi connectivity index (χ1n) is 5.57. The molecule has 0 aliphatic rings. The zero-order valence-electron chi connectivity index (χ0n) is 9.86. The fourth-order valence-electron chi connectivity index (χ4n) is 1.67. The van der Waals surface area contributed by atoms with Gasteiger partial charge in [-0.3, -0.25) is 0 Å². The van der Waals surface area contributed by atoms with E-state index in [9.17, 15) is 9.18 Å². The molecule has 0 saturated carbocycles. The van der Waals surface area contributed by atoms with Crippen LogP contribution in [0.3, 0.4) is 0 Å². The summed E-state index contributed by atoms with van der Waals surface area (Å²) in [6.45, 7) is 0.390. The summed E-state index contributed by atoms with van der Waals surface area (Å²) in [4.78, 5) is 10.8. The van der Waals surface area contributed by atoms with Gasteiger partial charge in [0.05, 0.1) is 5.56 Å². The molecule has 0 aliphatic heterocycles. The predicted octanol–water partition coefficient (Wildman–Crippen LogP) is 3.79. The molecule has 0 heterocycles. The molecule has 0 radical (unpaired) electrons. The summed E-state index contributed by atoms with van der Waals surface area (Å²) in [5.74, 6) is -1.40. The number of carboxylic acids is 1. The molecular formula is C14H11ClFNO2. The minimum atomic E-state index is -0.976. The molecule has 0 saturated heterocycles. The van der Waals surface area contributed by atoms with Crippen LogP contribution in [0.15, 0.2) is 42.5 Å². The minimum absolute atomic E-state index is 0.219. The Kier molecular flexibility index (Phi) is 4.02. The normalized spacial score (nSPS) is 10.2. The average Bonchev–Trinajstić information content (AvgIpc) is 2.35. The van der Waals surface area contributed by atoms with Crippen molar-refractivity contribution >= 4 is 23.3 Å². The van der Waals surface area contributed by atoms with E-state index in [1.807, 2.05) is 0 Å². The Hall–Kier alpha value is -2.07. The van der Waals surface area contributed by atoms with Crippen molar-refractivity contribution in [2.24, 2.45) is 0 Å². The fourth-order valence-corrected chi connectivity index (χ4v) is 1.90. The highest BCUT2D eigenvalue weighted by Gasteiger charge is 2.04. The number of halogens is 2. The molecule has 2 aromatic rings. The lowest BCUT2D eigenvalue weighted by molar-refractivity contribution is 0.0697. The van der Waals surface area contributed by atoms with E-state index < -0.39 is 11.8 Å². The van der Waals surface area contributed by atoms with Crippen molar-refractivity contribution in [2.45, 2.75) is 6.54 Å². The molecule has 2 aromatic carbocycles. The van der Waals surface area contributed by atoms with Gasteiger partial charge < -0.3 is 10.4 Å². The Morgan fingerprint density at radius 3 is 2.74 bits per heavy atom. The van der Waals surface area contributed by atoms with Crippen LogP contribution in [0.4, 0.5) is 10.1 Å². The molecule has 0 aliphatic carbocycles. The van der Waals surface area contributed by atoms with E-state index >= 15 is 0 Å². The van der Waals surface area contributed by atoms with E-state index in [1.54, 1.807) is 24.3 Å². The standard InChI is InChI=1S/C14H11ClFNO2/c15-11-5-12(16)7-13(6-11)17-8-9-2-1-3-10(4-9)14(18)19/h1-7,17H,8H2,(H,18,19). The Bertz CT molecular complexity index is 596. The number of hydrogen-bond donors (Lipinski definition) is 2. The Morgan fingerprint density at radius 2 is 2.05 bits per heavy atom. The molecule has 2 rings (SSSR count). The van der Waals surface area contributed by atoms with Gasteiger partial charge in [0.1, 0.15) is 5.82 Å². The summed E-state index contributed by atoms with van der Waals surface area (Å²) < 4.78 is 13.1. The van der Waals surface area contributed by atoms with E-state index in [0.717, 1.165) is 5.56 Å². The Balaban J connectivity index is 2.10. The van der Waals surface area contributed by atoms with Crippen LogP contribution in [0.25, 0.3) is 0 Å². The van der Waals surface area contributed by atoms with Gasteiger partial charge >= 0.3 is 5.97 Å². The Labute approximate surface area is 114 Å². The van der Waals surface area contributed by atoms with Crippen LogP contribution in [-0.4, -0.2) is 11.1 Å². The molecule has 5 heteroatoms. The van der Waals surface area contributed by atoms with Crippen LogP contribution in [0.5, 0.6) is 0 Å². The van der Waals surface area contributed by atoms with E-state index in [0.29, 0.717) is 17.3 Å². The van der Waals surface area contributed by atoms with Gasteiger partial charge in [-0.1, -0.05) is 23.7 Å². The summed E-state index contributed by atoms with van der Waals surface area (Å²) in [6, 6.07) is 10.7. The Morgan fingerprint density at radius 1 is 1.26 bits per heavy atom. The van der Waals surface area contributed by atoms with Crippen molar-refractivity contribution in [2.75, 3.05) is 5.32 Å². The van der Waals surface area contributed by atoms with Gasteiger partial charge in [0.25, 0.3) is 0 Å². The predicted molar refractivity (Wildman–Crippen MR) is 72.1 cm³/mol. The molecule has 3 nitrogen and oxygen atoms in total. The molecule has 0 unspecified atom stereocenters. The van der Waals surface area contributed by atoms with E-state index in [1.165, 1.54) is 18.2 Å². The maximum Gasteiger partial charge on any atom is 0.335 e. The minimum Gasteiger partial charge on any atom is -0.478 e. The van der Waals surface area contributed by atoms with Crippen molar-refractivity contribution < 1.29 is 14.3 Å². The lowest BCUT2D eigenvalue weighted by Gasteiger charge is -2.08. The zero-order chi connectivity index (χ0) is 13.8. The molecule has 2 N–H and O–H groups in total. The molecule has 0 fully saturated rings. The van der Waals surface area contributed by atoms with Gasteiger partial charge in [-0.15, -0.1) is 0 Å². The number of carboxylic acid groups (broad SMARTS) is 1. The number of carbonyl (C=O) groups is 1. The van der Waals surface area contributed by atoms with Crippen LogP contribution in [0, 0.1) is 5.82 Å². The summed E-state index contributed by atoms with van der Waals surface area (Å²) in [6.07, 6.45) is 0. The highest BCUT2D eigenvalue weighted by atomic mass is 35.5. The third-order valence-corrected chi connectivity index (χ3v) is 2.75. The van der Waals surface area contributed by atoms with Crippen LogP contribution in [-0.2, 0) is 6.54 Å². The van der Waals surface area contributed by atoms with Crippen LogP contribution in [0.2, 0.25) is 5.02 Å². The van der Waals surface area contributed by atoms with Gasteiger partial charge in [0.2, 0.25) is 0 Å². The monoisotopic (exact) mass is 279 g/mol. The summed E-state index contributed by atoms with van der Waals surface area (Å²) in [7, 11) is 0. The van der Waals surface area contributed by atoms with Crippen molar-refractivity contribution in [3.63, 3.8) is 0 Å². The maximum atomic E-state index is 13.1. The first-order chi connectivity index (χ1) is 9.04. The number of benzene rings is 2. The number of hydrogen-bond acceptors (Lipinski definition) is 2. The van der Waals surface area contributed by atoms with Crippen molar-refractivity contribution in [3.05, 3.63) is 64.4 Å². The zero-order valence-corrected chi connectivity index (χ0v) is 10.6. The van der Waals surface area contributed by atoms with Crippen molar-refractivity contribution in [3.8, 4) is 0 Å². The average molecular weight is 280 g/mol. The van der Waals surface area contributed by atoms with E-state index in [-0.39, 0.29) is 5.56 Å². The second-order valence-corrected chi connectivity index (χ2v) is 4.45. The number of aromatic carboxylic acids is 1. The van der Waals surface area contributed by atoms with Gasteiger partial charge in [-0.05, 0) is 35.9 Å². The van der Waals surface area contributed by atoms with Gasteiger partial charge in [-0.2, -0.15) is 0 Å². The van der Waals surface area contributed by atoms with Crippen molar-refractivity contribution in [1.82, 2.24) is 0 Å². The largest absolute Gasteiger partial charge is 0.478 e. The second kappa shape index (κ2) is 5.71. The summed E-state index contributed by atoms with van der Waals surface area (Å²) >= 11 is 5.74. The molecule has 98 valence electrons. The molecule has 0 spiro atoms. The molecule has 0 atom stereocenters. The van der Waals surface area contributed by atoms with Crippen LogP contribution < -0.4 is 5.32 Å². The van der Waals surface area contributed by atoms with E-state index in [2.05, 4.69) is 5.32 Å². The molecule has 0 amide bonds. The van der Waals surface area contributed by atoms with Crippen LogP contribution in [0.1, 0.15) is 15.9 Å². The second-order valence-electron chi connectivity index (χ2n) is 4.02. The highest BCUT2D eigenvalue weighted by Crippen LogP contribution is 2.19. The molecule has 0 bridgehead atoms. The topological polar surface area (TPSA) is 49.3 Å². The fraction of sp³-hybridized carbons (Fsp3) is 0.0714. The molecule has 0 aromatic heterocycles. The third kappa shape index (κ3) is 3.69. The number of rotatable bonds is 4. The first-order valence-corrected chi connectivity index (χ1v) is 5.94. The summed E-state index contributed by atoms with van der Waals surface area (Å²) in [5, 5.41) is 12.2. The lowest BCUT2D eigenvalue weighted by atomic mass is 10.1. The van der Waals surface area contributed by atoms with Crippen LogP contribution >= 0.6 is 11.6 Å². The summed E-state index contributed by atoms with van der Waals surface area (Å²) in [5.41, 5.74) is 1.56. The lowest BCUT2D eigenvalue weighted by Crippen LogP contribution is -2.02. The van der Waals surface area contributed by atoms with Gasteiger partial charge in [0, 0.05) is 17.3 Å². The van der Waals surface area contributed by atoms with Crippen molar-refractivity contribution in [1.29, 1.82) is 0 Å². The molecule has 19 heavy (non-hydrogen) atoms. The maximum absolute atomic E-state index is 13.1. The number of nitrogens with one attached hydrogen (secondary N) is 1. The van der Waals surface area contributed by atoms with Gasteiger partial charge in [-0.25, -0.2) is 9.18 Å². The third-order valence-electron chi connectivity index (χ3n) is 2.53. The quantitative estimate of drug-likeness (QED) is 0.895. The molecular weight excluding hydrogens is 269 g/mol. The smallest absolute Gasteiger partial charge is 0.335 e. The highest BCUT2D eigenvalue weighted by molar-refractivity contribution is 6.30.